The van der Waals surface area contributed by atoms with Gasteiger partial charge in [-0.2, -0.15) is 13.2 Å². The van der Waals surface area contributed by atoms with E-state index >= 15 is 0 Å². The first kappa shape index (κ1) is 21.7. The summed E-state index contributed by atoms with van der Waals surface area (Å²) >= 11 is 1.31. The highest BCUT2D eigenvalue weighted by Gasteiger charge is 2.30. The Morgan fingerprint density at radius 2 is 2.00 bits per heavy atom. The Morgan fingerprint density at radius 1 is 1.24 bits per heavy atom. The van der Waals surface area contributed by atoms with E-state index < -0.39 is 11.7 Å². The quantitative estimate of drug-likeness (QED) is 0.546. The maximum absolute atomic E-state index is 12.7. The molecular weight excluding hydrogens is 399 g/mol. The summed E-state index contributed by atoms with van der Waals surface area (Å²) in [5.74, 6) is 0.505. The number of nitrogens with zero attached hydrogens (tertiary/aromatic N) is 1. The number of aryl methyl sites for hydroxylation is 1. The van der Waals surface area contributed by atoms with Crippen LogP contribution in [-0.2, 0) is 23.9 Å². The van der Waals surface area contributed by atoms with Crippen molar-refractivity contribution in [3.63, 3.8) is 0 Å². The van der Waals surface area contributed by atoms with Crippen LogP contribution in [0.3, 0.4) is 0 Å². The number of ether oxygens (including phenoxy) is 1. The maximum Gasteiger partial charge on any atom is 0.416 e. The summed E-state index contributed by atoms with van der Waals surface area (Å²) in [7, 11) is 0. The van der Waals surface area contributed by atoms with Crippen molar-refractivity contribution in [2.24, 2.45) is 5.92 Å². The van der Waals surface area contributed by atoms with Crippen LogP contribution >= 0.6 is 11.3 Å². The first-order chi connectivity index (χ1) is 13.9. The fourth-order valence-corrected chi connectivity index (χ4v) is 4.11. The summed E-state index contributed by atoms with van der Waals surface area (Å²) in [6, 6.07) is 4.95. The summed E-state index contributed by atoms with van der Waals surface area (Å²) in [6.07, 6.45) is 4.42. The van der Waals surface area contributed by atoms with Crippen LogP contribution in [-0.4, -0.2) is 23.3 Å². The van der Waals surface area contributed by atoms with Crippen molar-refractivity contribution in [3.05, 3.63) is 64.2 Å². The Labute approximate surface area is 172 Å². The zero-order valence-corrected chi connectivity index (χ0v) is 17.0. The van der Waals surface area contributed by atoms with Gasteiger partial charge in [0.25, 0.3) is 0 Å². The molecule has 0 saturated heterocycles. The summed E-state index contributed by atoms with van der Waals surface area (Å²) < 4.78 is 43.9. The van der Waals surface area contributed by atoms with Crippen LogP contribution in [0.2, 0.25) is 0 Å². The lowest BCUT2D eigenvalue weighted by atomic mass is 9.94. The van der Waals surface area contributed by atoms with Gasteiger partial charge >= 0.3 is 6.18 Å². The van der Waals surface area contributed by atoms with Crippen LogP contribution in [0.25, 0.3) is 10.6 Å². The first-order valence-corrected chi connectivity index (χ1v) is 10.4. The number of rotatable bonds is 8. The maximum atomic E-state index is 12.7. The van der Waals surface area contributed by atoms with Crippen LogP contribution < -0.4 is 0 Å². The van der Waals surface area contributed by atoms with Gasteiger partial charge in [0.05, 0.1) is 29.3 Å². The highest BCUT2D eigenvalue weighted by Crippen LogP contribution is 2.33. The van der Waals surface area contributed by atoms with Gasteiger partial charge in [0, 0.05) is 12.2 Å². The van der Waals surface area contributed by atoms with Crippen LogP contribution in [0, 0.1) is 5.92 Å². The van der Waals surface area contributed by atoms with E-state index in [4.69, 9.17) is 4.74 Å². The molecule has 0 fully saturated rings. The molecule has 3 nitrogen and oxygen atoms in total. The predicted octanol–water partition coefficient (Wildman–Crippen LogP) is 5.79. The molecule has 1 N–H and O–H groups in total. The van der Waals surface area contributed by atoms with E-state index in [1.54, 1.807) is 0 Å². The topological polar surface area (TPSA) is 42.4 Å². The lowest BCUT2D eigenvalue weighted by Crippen LogP contribution is -2.09. The molecule has 1 heterocycles. The Morgan fingerprint density at radius 3 is 2.66 bits per heavy atom. The van der Waals surface area contributed by atoms with Crippen molar-refractivity contribution < 1.29 is 23.0 Å². The van der Waals surface area contributed by atoms with Gasteiger partial charge in [-0.25, -0.2) is 4.98 Å². The highest BCUT2D eigenvalue weighted by atomic mass is 32.1. The van der Waals surface area contributed by atoms with E-state index in [1.165, 1.54) is 29.0 Å². The van der Waals surface area contributed by atoms with E-state index in [0.29, 0.717) is 36.1 Å². The zero-order chi connectivity index (χ0) is 20.9. The molecule has 156 valence electrons. The normalized spacial score (nSPS) is 16.9. The van der Waals surface area contributed by atoms with E-state index in [2.05, 4.69) is 30.1 Å². The number of aliphatic hydroxyl groups excluding tert-OH is 1. The van der Waals surface area contributed by atoms with Crippen LogP contribution in [0.15, 0.2) is 48.1 Å². The Kier molecular flexibility index (Phi) is 7.27. The lowest BCUT2D eigenvalue weighted by molar-refractivity contribution is -0.137. The summed E-state index contributed by atoms with van der Waals surface area (Å²) in [6.45, 7) is 3.26. The van der Waals surface area contributed by atoms with Gasteiger partial charge in [-0.3, -0.25) is 0 Å². The molecule has 1 unspecified atom stereocenters. The molecule has 2 aromatic rings. The van der Waals surface area contributed by atoms with Gasteiger partial charge in [-0.05, 0) is 42.9 Å². The summed E-state index contributed by atoms with van der Waals surface area (Å²) in [4.78, 5) is 5.29. The number of alkyl halides is 3. The molecule has 1 aromatic carbocycles. The Hall–Kier alpha value is -1.96. The van der Waals surface area contributed by atoms with Crippen molar-refractivity contribution in [1.29, 1.82) is 0 Å². The molecule has 29 heavy (non-hydrogen) atoms. The third-order valence-electron chi connectivity index (χ3n) is 4.92. The molecule has 1 aliphatic carbocycles. The van der Waals surface area contributed by atoms with Crippen molar-refractivity contribution in [2.75, 3.05) is 13.2 Å². The predicted molar refractivity (Wildman–Crippen MR) is 109 cm³/mol. The molecule has 0 bridgehead atoms. The van der Waals surface area contributed by atoms with Crippen LogP contribution in [0.5, 0.6) is 0 Å². The monoisotopic (exact) mass is 423 g/mol. The minimum atomic E-state index is -4.36. The number of hydrogen-bond acceptors (Lipinski definition) is 4. The van der Waals surface area contributed by atoms with E-state index in [-0.39, 0.29) is 6.61 Å². The Balaban J connectivity index is 1.56. The van der Waals surface area contributed by atoms with Crippen LogP contribution in [0.1, 0.15) is 35.9 Å². The number of benzene rings is 1. The van der Waals surface area contributed by atoms with Crippen molar-refractivity contribution >= 4 is 11.3 Å². The smallest absolute Gasteiger partial charge is 0.391 e. The third-order valence-corrected chi connectivity index (χ3v) is 6.05. The van der Waals surface area contributed by atoms with Gasteiger partial charge in [0.15, 0.2) is 0 Å². The average Bonchev–Trinajstić information content (AvgIpc) is 3.12. The molecule has 7 heteroatoms. The van der Waals surface area contributed by atoms with Gasteiger partial charge in [0.2, 0.25) is 0 Å². The molecule has 0 amide bonds. The largest absolute Gasteiger partial charge is 0.416 e. The lowest BCUT2D eigenvalue weighted by Gasteiger charge is -2.17. The third kappa shape index (κ3) is 5.78. The minimum absolute atomic E-state index is 0.134. The molecule has 1 atom stereocenters. The van der Waals surface area contributed by atoms with Crippen molar-refractivity contribution in [3.8, 4) is 10.6 Å². The first-order valence-electron chi connectivity index (χ1n) is 9.59. The molecular formula is C22H24F3NO2S. The second-order valence-electron chi connectivity index (χ2n) is 7.08. The molecule has 1 aromatic heterocycles. The molecule has 0 aliphatic heterocycles. The SMILES string of the molecule is CC1CC=CC=C1COCCCc1nc(-c2ccc(C(F)(F)F)cc2)sc1CO. The van der Waals surface area contributed by atoms with Crippen molar-refractivity contribution in [1.82, 2.24) is 4.98 Å². The number of halogens is 3. The fraction of sp³-hybridized carbons (Fsp3) is 0.409. The standard InChI is InChI=1S/C22H24F3NO2S/c1-15-5-2-3-6-17(15)14-28-12-4-7-19-20(13-27)29-21(26-19)16-8-10-18(11-9-16)22(23,24)25/h2-3,6,8-11,15,27H,4-5,7,12-14H2,1H3. The Bertz CT molecular complexity index is 869. The van der Waals surface area contributed by atoms with Crippen LogP contribution in [0.4, 0.5) is 13.2 Å². The zero-order valence-electron chi connectivity index (χ0n) is 16.2. The van der Waals surface area contributed by atoms with Gasteiger partial charge in [-0.15, -0.1) is 11.3 Å². The van der Waals surface area contributed by atoms with Crippen molar-refractivity contribution in [2.45, 2.75) is 39.0 Å². The average molecular weight is 424 g/mol. The number of aromatic nitrogens is 1. The number of thiazole rings is 1. The van der Waals surface area contributed by atoms with E-state index in [0.717, 1.165) is 35.5 Å². The summed E-state index contributed by atoms with van der Waals surface area (Å²) in [5.41, 5.74) is 2.01. The molecule has 1 aliphatic rings. The van der Waals surface area contributed by atoms with Gasteiger partial charge < -0.3 is 9.84 Å². The fourth-order valence-electron chi connectivity index (χ4n) is 3.14. The van der Waals surface area contributed by atoms with Gasteiger partial charge in [-0.1, -0.05) is 37.3 Å². The number of allylic oxidation sites excluding steroid dienone is 3. The molecule has 0 radical (unpaired) electrons. The molecule has 3 rings (SSSR count). The number of hydrogen-bond donors (Lipinski definition) is 1. The second kappa shape index (κ2) is 9.69. The minimum Gasteiger partial charge on any atom is -0.391 e. The molecule has 0 spiro atoms. The summed E-state index contributed by atoms with van der Waals surface area (Å²) in [5, 5.41) is 10.2. The van der Waals surface area contributed by atoms with E-state index in [1.807, 2.05) is 0 Å². The van der Waals surface area contributed by atoms with E-state index in [9.17, 15) is 18.3 Å². The number of aliphatic hydroxyl groups is 1. The highest BCUT2D eigenvalue weighted by molar-refractivity contribution is 7.15. The van der Waals surface area contributed by atoms with Gasteiger partial charge in [0.1, 0.15) is 5.01 Å². The second-order valence-corrected chi connectivity index (χ2v) is 8.17. The molecule has 0 saturated carbocycles.